The van der Waals surface area contributed by atoms with Gasteiger partial charge in [-0.15, -0.1) is 22.7 Å². The number of aliphatic imine (C=N–C) groups is 2. The van der Waals surface area contributed by atoms with Gasteiger partial charge in [-0.05, 0) is 61.7 Å². The van der Waals surface area contributed by atoms with Gasteiger partial charge in [-0.3, -0.25) is 9.98 Å². The summed E-state index contributed by atoms with van der Waals surface area (Å²) in [5.41, 5.74) is 2.93. The molecule has 1 N–H and O–H groups in total. The molecule has 2 aromatic carbocycles. The number of nitrogens with zero attached hydrogens (tertiary/aromatic N) is 8. The van der Waals surface area contributed by atoms with Gasteiger partial charge in [0.05, 0.1) is 55.9 Å². The first-order valence-corrected chi connectivity index (χ1v) is 24.5. The van der Waals surface area contributed by atoms with Crippen LogP contribution in [0.3, 0.4) is 0 Å². The van der Waals surface area contributed by atoms with Gasteiger partial charge in [0.15, 0.2) is 21.7 Å². The normalized spacial score (nSPS) is 19.2. The van der Waals surface area contributed by atoms with Gasteiger partial charge >= 0.3 is 18.0 Å². The van der Waals surface area contributed by atoms with E-state index in [4.69, 9.17) is 19.5 Å². The molecule has 4 aliphatic heterocycles. The fraction of sp³-hybridized carbons (Fsp3) is 0.357. The molecule has 2 atom stereocenters. The summed E-state index contributed by atoms with van der Waals surface area (Å²) in [4.78, 5) is 66.7. The van der Waals surface area contributed by atoms with E-state index < -0.39 is 51.7 Å². The van der Waals surface area contributed by atoms with Crippen molar-refractivity contribution in [3.63, 3.8) is 0 Å². The second kappa shape index (κ2) is 18.6. The first-order valence-electron chi connectivity index (χ1n) is 20.2. The number of amidine groups is 2. The van der Waals surface area contributed by atoms with Crippen molar-refractivity contribution in [2.45, 2.75) is 39.4 Å². The van der Waals surface area contributed by atoms with Gasteiger partial charge < -0.3 is 29.5 Å². The van der Waals surface area contributed by atoms with E-state index in [-0.39, 0.29) is 63.6 Å². The second-order valence-corrected chi connectivity index (χ2v) is 19.8. The average molecular weight is 999 g/mol. The molecule has 2 amide bonds. The number of nitrogens with one attached hydrogen (secondary N) is 1. The first kappa shape index (κ1) is 45.2. The Labute approximate surface area is 384 Å². The highest BCUT2D eigenvalue weighted by Gasteiger charge is 2.43. The molecule has 2 aromatic heterocycles. The van der Waals surface area contributed by atoms with Gasteiger partial charge in [0.1, 0.15) is 23.7 Å². The molecule has 64 heavy (non-hydrogen) atoms. The van der Waals surface area contributed by atoms with Crippen LogP contribution in [0.2, 0.25) is 0 Å². The Bertz CT molecular complexity index is 2760. The summed E-state index contributed by atoms with van der Waals surface area (Å²) < 4.78 is 66.9. The second-order valence-electron chi connectivity index (χ2n) is 15.0. The number of carbonyl (C=O) groups is 3. The number of esters is 2. The number of piperazine rings is 2. The number of carbonyl (C=O) groups excluding carboxylic acids is 3. The van der Waals surface area contributed by atoms with Crippen molar-refractivity contribution in [2.24, 2.45) is 9.98 Å². The van der Waals surface area contributed by atoms with Crippen LogP contribution in [0.25, 0.3) is 0 Å². The average Bonchev–Trinajstić information content (AvgIpc) is 3.97. The lowest BCUT2D eigenvalue weighted by Crippen LogP contribution is -2.54. The van der Waals surface area contributed by atoms with Gasteiger partial charge in [-0.25, -0.2) is 41.6 Å². The topological polar surface area (TPSA) is 179 Å². The molecular formula is C42H42BrF2N9O7S3. The zero-order valence-electron chi connectivity index (χ0n) is 35.0. The van der Waals surface area contributed by atoms with Crippen LogP contribution in [0, 0.1) is 18.6 Å². The predicted octanol–water partition coefficient (Wildman–Crippen LogP) is 5.69. The number of ether oxygens (including phenoxy) is 2. The fourth-order valence-electron chi connectivity index (χ4n) is 8.03. The zero-order chi connectivity index (χ0) is 45.4. The highest BCUT2D eigenvalue weighted by atomic mass is 79.9. The maximum absolute atomic E-state index is 14.3. The Balaban J connectivity index is 1.08. The lowest BCUT2D eigenvalue weighted by atomic mass is 9.91. The van der Waals surface area contributed by atoms with Crippen LogP contribution in [0.15, 0.2) is 91.2 Å². The number of rotatable bonds is 11. The van der Waals surface area contributed by atoms with Gasteiger partial charge in [-0.1, -0.05) is 28.1 Å². The maximum Gasteiger partial charge on any atom is 0.338 e. The monoisotopic (exact) mass is 997 g/mol. The standard InChI is InChI=1S/C42H42BrF2N9O7S3/c1-5-60-40(55)32-30-21-51(12-14-53(30)36(38-46-11-16-62-38)49-34(32)27-9-7-24(44)17-23(27)3)42(57)48-20-26-19-47-39(63-26)37-50-35(28-10-8-25(45)18-29(28)43)33(41(56)61-6-2)31-22-52(64(4,58)59)13-15-54(31)37/h7-11,16-19,34-35H,5-6,12-15,20-22H2,1-4H3,(H,48,57)/t34-,35?/m0/s1. The molecule has 22 heteroatoms. The molecule has 2 fully saturated rings. The number of benzene rings is 2. The summed E-state index contributed by atoms with van der Waals surface area (Å²) in [6, 6.07) is 6.07. The number of fused-ring (bicyclic) bond motifs is 2. The van der Waals surface area contributed by atoms with E-state index in [1.54, 1.807) is 49.0 Å². The molecule has 0 bridgehead atoms. The molecule has 0 spiro atoms. The van der Waals surface area contributed by atoms with Crippen LogP contribution in [0.4, 0.5) is 13.6 Å². The Morgan fingerprint density at radius 1 is 0.844 bits per heavy atom. The lowest BCUT2D eigenvalue weighted by molar-refractivity contribution is -0.140. The zero-order valence-corrected chi connectivity index (χ0v) is 39.0. The number of hydrogen-bond acceptors (Lipinski definition) is 15. The van der Waals surface area contributed by atoms with Crippen molar-refractivity contribution >= 4 is 78.3 Å². The number of aromatic nitrogens is 2. The minimum atomic E-state index is -3.67. The molecule has 2 saturated heterocycles. The molecule has 0 saturated carbocycles. The van der Waals surface area contributed by atoms with E-state index in [2.05, 4.69) is 31.2 Å². The van der Waals surface area contributed by atoms with E-state index in [0.717, 1.165) is 6.26 Å². The van der Waals surface area contributed by atoms with Crippen molar-refractivity contribution in [3.8, 4) is 0 Å². The number of amides is 2. The number of halogens is 3. The summed E-state index contributed by atoms with van der Waals surface area (Å²) in [5.74, 6) is -1.30. The van der Waals surface area contributed by atoms with Crippen molar-refractivity contribution in [1.82, 2.24) is 34.3 Å². The van der Waals surface area contributed by atoms with Crippen LogP contribution in [-0.2, 0) is 35.6 Å². The third-order valence-electron chi connectivity index (χ3n) is 11.0. The molecule has 4 aromatic rings. The summed E-state index contributed by atoms with van der Waals surface area (Å²) in [6.07, 6.45) is 4.37. The van der Waals surface area contributed by atoms with Crippen molar-refractivity contribution in [3.05, 3.63) is 124 Å². The van der Waals surface area contributed by atoms with Crippen molar-refractivity contribution < 1.29 is 41.1 Å². The summed E-state index contributed by atoms with van der Waals surface area (Å²) in [6.45, 7) is 6.08. The van der Waals surface area contributed by atoms with Gasteiger partial charge in [-0.2, -0.15) is 4.31 Å². The number of sulfonamides is 1. The predicted molar refractivity (Wildman–Crippen MR) is 239 cm³/mol. The molecule has 4 aliphatic rings. The third-order valence-corrected chi connectivity index (χ3v) is 14.7. The van der Waals surface area contributed by atoms with E-state index in [9.17, 15) is 31.6 Å². The van der Waals surface area contributed by atoms with Crippen molar-refractivity contribution in [1.29, 1.82) is 0 Å². The first-order chi connectivity index (χ1) is 30.7. The quantitative estimate of drug-likeness (QED) is 0.183. The maximum atomic E-state index is 14.3. The summed E-state index contributed by atoms with van der Waals surface area (Å²) in [5, 5.41) is 5.88. The molecule has 336 valence electrons. The van der Waals surface area contributed by atoms with E-state index in [1.807, 2.05) is 10.3 Å². The summed E-state index contributed by atoms with van der Waals surface area (Å²) in [7, 11) is -3.67. The highest BCUT2D eigenvalue weighted by molar-refractivity contribution is 9.10. The van der Waals surface area contributed by atoms with Crippen LogP contribution < -0.4 is 5.32 Å². The van der Waals surface area contributed by atoms with E-state index in [0.29, 0.717) is 65.7 Å². The molecular weight excluding hydrogens is 957 g/mol. The molecule has 16 nitrogen and oxygen atoms in total. The molecule has 1 unspecified atom stereocenters. The highest BCUT2D eigenvalue weighted by Crippen LogP contribution is 2.42. The van der Waals surface area contributed by atoms with Crippen LogP contribution >= 0.6 is 38.6 Å². The Morgan fingerprint density at radius 3 is 2.06 bits per heavy atom. The van der Waals surface area contributed by atoms with E-state index in [1.165, 1.54) is 57.3 Å². The Hall–Kier alpha value is -5.42. The SMILES string of the molecule is CCOC(=O)C1=C2CN(S(C)(=O)=O)CCN2C(c2ncc(CNC(=O)N3CCN4C(c5nccs5)=N[C@@H](c5ccc(F)cc5C)C(C(=O)OCC)=C4C3)s2)=NC1c1ccc(F)cc1Br. The van der Waals surface area contributed by atoms with Gasteiger partial charge in [0, 0.05) is 59.0 Å². The smallest absolute Gasteiger partial charge is 0.338 e. The van der Waals surface area contributed by atoms with Crippen LogP contribution in [0.1, 0.15) is 57.5 Å². The molecule has 8 rings (SSSR count). The number of aryl methyl sites for hydroxylation is 1. The summed E-state index contributed by atoms with van der Waals surface area (Å²) >= 11 is 6.08. The number of urea groups is 1. The molecule has 6 heterocycles. The van der Waals surface area contributed by atoms with Crippen LogP contribution in [-0.4, -0.2) is 126 Å². The third kappa shape index (κ3) is 8.97. The minimum absolute atomic E-state index is 0.0313. The van der Waals surface area contributed by atoms with Gasteiger partial charge in [0.25, 0.3) is 0 Å². The van der Waals surface area contributed by atoms with Gasteiger partial charge in [0.2, 0.25) is 10.0 Å². The molecule has 0 radical (unpaired) electrons. The Kier molecular flexibility index (Phi) is 13.1. The minimum Gasteiger partial charge on any atom is -0.463 e. The van der Waals surface area contributed by atoms with E-state index >= 15 is 0 Å². The largest absolute Gasteiger partial charge is 0.463 e. The number of thiazole rings is 2. The molecule has 0 aliphatic carbocycles. The van der Waals surface area contributed by atoms with Crippen LogP contribution in [0.5, 0.6) is 0 Å². The fourth-order valence-corrected chi connectivity index (χ4v) is 10.9. The number of hydrogen-bond donors (Lipinski definition) is 1. The lowest BCUT2D eigenvalue weighted by Gasteiger charge is -2.42. The Morgan fingerprint density at radius 2 is 1.45 bits per heavy atom. The van der Waals surface area contributed by atoms with Crippen molar-refractivity contribution in [2.75, 3.05) is 58.7 Å².